The third-order valence-corrected chi connectivity index (χ3v) is 8.64. The number of phosphoric acid groups is 1. The van der Waals surface area contributed by atoms with Gasteiger partial charge in [-0.3, -0.25) is 18.6 Å². The standard InChI is InChI=1S/C40H70NO8P/c1-3-5-7-9-11-13-15-16-17-18-19-20-21-22-23-24-26-28-30-32-39(43)41-34-35-48-50(45,46)49-37-38(42)36-47-40(44)33-31-29-27-25-14-12-10-8-6-4-2/h8,10-11,13,16-17,19-20,22-23,38,42H,3-7,9,12,14-15,18,21,24-37H2,1-2H3,(H,41,43)(H,45,46)/b10-8-,13-11-,17-16-,20-19-,23-22-. The first-order valence-corrected chi connectivity index (χ1v) is 20.8. The molecule has 0 fully saturated rings. The molecule has 2 atom stereocenters. The molecule has 0 heterocycles. The van der Waals surface area contributed by atoms with E-state index < -0.39 is 26.5 Å². The van der Waals surface area contributed by atoms with Gasteiger partial charge in [0, 0.05) is 19.4 Å². The highest BCUT2D eigenvalue weighted by Crippen LogP contribution is 2.42. The van der Waals surface area contributed by atoms with Crippen LogP contribution in [0.25, 0.3) is 0 Å². The minimum absolute atomic E-state index is 0.0607. The van der Waals surface area contributed by atoms with Crippen molar-refractivity contribution < 1.29 is 37.9 Å². The molecule has 0 rings (SSSR count). The number of ether oxygens (including phenoxy) is 1. The van der Waals surface area contributed by atoms with Gasteiger partial charge in [0.2, 0.25) is 5.91 Å². The molecule has 288 valence electrons. The Bertz CT molecular complexity index is 1010. The first-order valence-electron chi connectivity index (χ1n) is 19.3. The van der Waals surface area contributed by atoms with Crippen molar-refractivity contribution in [2.75, 3.05) is 26.4 Å². The maximum absolute atomic E-state index is 12.0. The molecule has 0 aliphatic heterocycles. The van der Waals surface area contributed by atoms with E-state index in [1.807, 2.05) is 0 Å². The summed E-state index contributed by atoms with van der Waals surface area (Å²) in [6.45, 7) is 3.38. The van der Waals surface area contributed by atoms with Crippen LogP contribution in [0.15, 0.2) is 60.8 Å². The maximum atomic E-state index is 12.0. The zero-order valence-corrected chi connectivity index (χ0v) is 32.2. The fourth-order valence-corrected chi connectivity index (χ4v) is 5.47. The Morgan fingerprint density at radius 2 is 1.12 bits per heavy atom. The van der Waals surface area contributed by atoms with E-state index in [4.69, 9.17) is 13.8 Å². The summed E-state index contributed by atoms with van der Waals surface area (Å²) in [6.07, 6.45) is 41.6. The van der Waals surface area contributed by atoms with Crippen LogP contribution in [0.2, 0.25) is 0 Å². The quantitative estimate of drug-likeness (QED) is 0.0255. The van der Waals surface area contributed by atoms with Crippen LogP contribution in [0.4, 0.5) is 0 Å². The molecular formula is C40H70NO8P. The van der Waals surface area contributed by atoms with Crippen LogP contribution >= 0.6 is 7.82 Å². The van der Waals surface area contributed by atoms with Gasteiger partial charge in [0.15, 0.2) is 0 Å². The molecule has 0 saturated carbocycles. The number of allylic oxidation sites excluding steroid dienone is 10. The van der Waals surface area contributed by atoms with Gasteiger partial charge in [-0.1, -0.05) is 120 Å². The molecule has 0 aliphatic rings. The average molecular weight is 724 g/mol. The molecular weight excluding hydrogens is 653 g/mol. The van der Waals surface area contributed by atoms with Gasteiger partial charge in [-0.05, 0) is 77.0 Å². The smallest absolute Gasteiger partial charge is 0.463 e. The van der Waals surface area contributed by atoms with Crippen molar-refractivity contribution in [3.63, 3.8) is 0 Å². The van der Waals surface area contributed by atoms with Crippen LogP contribution in [0.1, 0.15) is 149 Å². The Hall–Kier alpha value is -2.29. The summed E-state index contributed by atoms with van der Waals surface area (Å²) in [6, 6.07) is 0. The van der Waals surface area contributed by atoms with E-state index in [1.54, 1.807) is 0 Å². The Labute approximate surface area is 304 Å². The predicted octanol–water partition coefficient (Wildman–Crippen LogP) is 10.2. The Kier molecular flexibility index (Phi) is 34.8. The summed E-state index contributed by atoms with van der Waals surface area (Å²) >= 11 is 0. The molecule has 0 bridgehead atoms. The fraction of sp³-hybridized carbons (Fsp3) is 0.700. The molecule has 10 heteroatoms. The van der Waals surface area contributed by atoms with Crippen molar-refractivity contribution in [1.82, 2.24) is 5.32 Å². The van der Waals surface area contributed by atoms with E-state index in [9.17, 15) is 24.2 Å². The first-order chi connectivity index (χ1) is 24.3. The Balaban J connectivity index is 3.70. The summed E-state index contributed by atoms with van der Waals surface area (Å²) < 4.78 is 26.7. The van der Waals surface area contributed by atoms with Gasteiger partial charge in [-0.15, -0.1) is 0 Å². The van der Waals surface area contributed by atoms with E-state index in [2.05, 4.69) is 79.9 Å². The van der Waals surface area contributed by atoms with E-state index in [1.165, 1.54) is 32.1 Å². The molecule has 0 radical (unpaired) electrons. The van der Waals surface area contributed by atoms with Crippen molar-refractivity contribution in [3.8, 4) is 0 Å². The van der Waals surface area contributed by atoms with Crippen LogP contribution in [-0.4, -0.2) is 54.3 Å². The largest absolute Gasteiger partial charge is 0.472 e. The van der Waals surface area contributed by atoms with Gasteiger partial charge in [-0.25, -0.2) is 4.57 Å². The van der Waals surface area contributed by atoms with Gasteiger partial charge in [0.1, 0.15) is 12.7 Å². The molecule has 0 aromatic carbocycles. The lowest BCUT2D eigenvalue weighted by Gasteiger charge is -2.15. The number of esters is 1. The second kappa shape index (κ2) is 36.5. The Morgan fingerprint density at radius 1 is 0.620 bits per heavy atom. The predicted molar refractivity (Wildman–Crippen MR) is 206 cm³/mol. The monoisotopic (exact) mass is 723 g/mol. The van der Waals surface area contributed by atoms with E-state index >= 15 is 0 Å². The van der Waals surface area contributed by atoms with Crippen molar-refractivity contribution in [2.24, 2.45) is 0 Å². The number of amides is 1. The van der Waals surface area contributed by atoms with E-state index in [0.717, 1.165) is 89.9 Å². The lowest BCUT2D eigenvalue weighted by Crippen LogP contribution is -2.27. The number of phosphoric ester groups is 1. The summed E-state index contributed by atoms with van der Waals surface area (Å²) in [5.41, 5.74) is 0. The van der Waals surface area contributed by atoms with E-state index in [-0.39, 0.29) is 32.1 Å². The van der Waals surface area contributed by atoms with Gasteiger partial charge < -0.3 is 20.1 Å². The second-order valence-corrected chi connectivity index (χ2v) is 14.0. The van der Waals surface area contributed by atoms with Crippen LogP contribution < -0.4 is 5.32 Å². The molecule has 1 amide bonds. The molecule has 2 unspecified atom stereocenters. The molecule has 50 heavy (non-hydrogen) atoms. The topological polar surface area (TPSA) is 131 Å². The zero-order valence-electron chi connectivity index (χ0n) is 31.3. The minimum atomic E-state index is -4.42. The number of rotatable bonds is 35. The number of carbonyl (C=O) groups excluding carboxylic acids is 2. The number of hydrogen-bond donors (Lipinski definition) is 3. The molecule has 0 spiro atoms. The van der Waals surface area contributed by atoms with Crippen LogP contribution in [-0.2, 0) is 27.9 Å². The van der Waals surface area contributed by atoms with Gasteiger partial charge in [0.05, 0.1) is 13.2 Å². The molecule has 0 aromatic rings. The van der Waals surface area contributed by atoms with Gasteiger partial charge in [0.25, 0.3) is 0 Å². The number of aliphatic hydroxyl groups is 1. The molecule has 0 saturated heterocycles. The molecule has 9 nitrogen and oxygen atoms in total. The molecule has 3 N–H and O–H groups in total. The van der Waals surface area contributed by atoms with Crippen LogP contribution in [0, 0.1) is 0 Å². The maximum Gasteiger partial charge on any atom is 0.472 e. The van der Waals surface area contributed by atoms with Gasteiger partial charge in [-0.2, -0.15) is 0 Å². The number of nitrogens with one attached hydrogen (secondary N) is 1. The SMILES string of the molecule is CCC/C=C\CCCCCCCC(=O)OCC(O)COP(=O)(O)OCCNC(=O)CCCCC/C=C\C/C=C\C/C=C\C/C=C\CCCCC. The van der Waals surface area contributed by atoms with E-state index in [0.29, 0.717) is 6.42 Å². The number of unbranched alkanes of at least 4 members (excludes halogenated alkanes) is 12. The molecule has 0 aromatic heterocycles. The van der Waals surface area contributed by atoms with Crippen molar-refractivity contribution in [3.05, 3.63) is 60.8 Å². The van der Waals surface area contributed by atoms with Crippen molar-refractivity contribution in [2.45, 2.75) is 155 Å². The lowest BCUT2D eigenvalue weighted by molar-refractivity contribution is -0.147. The average Bonchev–Trinajstić information content (AvgIpc) is 3.10. The third-order valence-electron chi connectivity index (χ3n) is 7.65. The minimum Gasteiger partial charge on any atom is -0.463 e. The zero-order chi connectivity index (χ0) is 36.8. The van der Waals surface area contributed by atoms with Crippen LogP contribution in [0.3, 0.4) is 0 Å². The fourth-order valence-electron chi connectivity index (χ4n) is 4.72. The highest BCUT2D eigenvalue weighted by Gasteiger charge is 2.23. The van der Waals surface area contributed by atoms with Crippen LogP contribution in [0.5, 0.6) is 0 Å². The van der Waals surface area contributed by atoms with Crippen molar-refractivity contribution >= 4 is 19.7 Å². The van der Waals surface area contributed by atoms with Gasteiger partial charge >= 0.3 is 13.8 Å². The summed E-state index contributed by atoms with van der Waals surface area (Å²) in [5, 5.41) is 12.6. The normalized spacial score (nSPS) is 14.1. The Morgan fingerprint density at radius 3 is 1.74 bits per heavy atom. The van der Waals surface area contributed by atoms with Crippen molar-refractivity contribution in [1.29, 1.82) is 0 Å². The lowest BCUT2D eigenvalue weighted by atomic mass is 10.1. The second-order valence-electron chi connectivity index (χ2n) is 12.5. The number of carbonyl (C=O) groups is 2. The third kappa shape index (κ3) is 37.0. The summed E-state index contributed by atoms with van der Waals surface area (Å²) in [5.74, 6) is -0.565. The first kappa shape index (κ1) is 47.7. The molecule has 0 aliphatic carbocycles. The summed E-state index contributed by atoms with van der Waals surface area (Å²) in [7, 11) is -4.42. The number of aliphatic hydroxyl groups excluding tert-OH is 1. The highest BCUT2D eigenvalue weighted by atomic mass is 31.2. The highest BCUT2D eigenvalue weighted by molar-refractivity contribution is 7.47. The number of hydrogen-bond acceptors (Lipinski definition) is 7. The summed E-state index contributed by atoms with van der Waals surface area (Å²) in [4.78, 5) is 33.7.